The highest BCUT2D eigenvalue weighted by Crippen LogP contribution is 2.37. The number of anilines is 1. The molecule has 3 aliphatic heterocycles. The molecule has 2 bridgehead atoms. The molecule has 7 heteroatoms. The van der Waals surface area contributed by atoms with Gasteiger partial charge in [-0.2, -0.15) is 0 Å². The van der Waals surface area contributed by atoms with Crippen LogP contribution in [0.3, 0.4) is 0 Å². The number of hydrogen-bond donors (Lipinski definition) is 2. The summed E-state index contributed by atoms with van der Waals surface area (Å²) < 4.78 is 1.82. The summed E-state index contributed by atoms with van der Waals surface area (Å²) in [5.74, 6) is 0.568. The Morgan fingerprint density at radius 1 is 1.33 bits per heavy atom. The van der Waals surface area contributed by atoms with Crippen molar-refractivity contribution in [3.05, 3.63) is 42.2 Å². The number of amides is 1. The van der Waals surface area contributed by atoms with Crippen LogP contribution in [0.15, 0.2) is 36.5 Å². The Morgan fingerprint density at radius 2 is 2.11 bits per heavy atom. The van der Waals surface area contributed by atoms with E-state index in [1.54, 1.807) is 13.8 Å². The van der Waals surface area contributed by atoms with E-state index >= 15 is 0 Å². The summed E-state index contributed by atoms with van der Waals surface area (Å²) in [6.07, 6.45) is 3.88. The van der Waals surface area contributed by atoms with Crippen LogP contribution in [0.1, 0.15) is 32.4 Å². The molecule has 0 aliphatic carbocycles. The molecule has 3 fully saturated rings. The van der Waals surface area contributed by atoms with Crippen LogP contribution in [0.2, 0.25) is 0 Å². The zero-order chi connectivity index (χ0) is 19.0. The Balaban J connectivity index is 1.39. The first-order valence-electron chi connectivity index (χ1n) is 9.63. The number of nitrogens with one attached hydrogen (secondary N) is 1. The van der Waals surface area contributed by atoms with Gasteiger partial charge in [-0.15, -0.1) is 5.10 Å². The van der Waals surface area contributed by atoms with Crippen LogP contribution in [-0.2, 0) is 16.9 Å². The first kappa shape index (κ1) is 18.1. The number of benzene rings is 1. The summed E-state index contributed by atoms with van der Waals surface area (Å²) in [6.45, 7) is 5.98. The van der Waals surface area contributed by atoms with E-state index in [2.05, 4.69) is 20.5 Å². The van der Waals surface area contributed by atoms with Gasteiger partial charge in [0.15, 0.2) is 0 Å². The molecular weight excluding hydrogens is 342 g/mol. The quantitative estimate of drug-likeness (QED) is 0.840. The van der Waals surface area contributed by atoms with Crippen molar-refractivity contribution in [2.24, 2.45) is 11.8 Å². The zero-order valence-corrected chi connectivity index (χ0v) is 15.9. The summed E-state index contributed by atoms with van der Waals surface area (Å²) in [5.41, 5.74) is 0.459. The first-order valence-corrected chi connectivity index (χ1v) is 9.63. The summed E-state index contributed by atoms with van der Waals surface area (Å²) in [7, 11) is 0. The van der Waals surface area contributed by atoms with E-state index in [1.165, 1.54) is 0 Å². The van der Waals surface area contributed by atoms with Gasteiger partial charge in [-0.05, 0) is 51.3 Å². The molecule has 1 aromatic carbocycles. The molecule has 0 spiro atoms. The Bertz CT molecular complexity index is 798. The van der Waals surface area contributed by atoms with Crippen LogP contribution >= 0.6 is 0 Å². The van der Waals surface area contributed by atoms with Gasteiger partial charge in [0.25, 0.3) is 0 Å². The molecule has 5 rings (SSSR count). The maximum atomic E-state index is 12.7. The molecule has 0 saturated carbocycles. The summed E-state index contributed by atoms with van der Waals surface area (Å²) >= 11 is 0. The van der Waals surface area contributed by atoms with Crippen LogP contribution in [-0.4, -0.2) is 50.0 Å². The standard InChI is InChI=1S/C20H27N5O2/c1-20(2,27)18-13-25(23-22-18)11-16-10-14-8-9-24(16)12-17(14)19(26)21-15-6-4-3-5-7-15/h3-7,13-14,16-17,27H,8-12H2,1-2H3,(H,21,26)/t14?,16-,17+/m1/s1. The number of hydrogen-bond acceptors (Lipinski definition) is 5. The number of carbonyl (C=O) groups excluding carboxylic acids is 1. The lowest BCUT2D eigenvalue weighted by Crippen LogP contribution is -2.57. The molecule has 2 unspecified atom stereocenters. The second kappa shape index (κ2) is 7.05. The highest BCUT2D eigenvalue weighted by atomic mass is 16.3. The van der Waals surface area contributed by atoms with Gasteiger partial charge < -0.3 is 10.4 Å². The van der Waals surface area contributed by atoms with Crippen molar-refractivity contribution >= 4 is 11.6 Å². The number of para-hydroxylation sites is 1. The molecule has 1 amide bonds. The van der Waals surface area contributed by atoms with Gasteiger partial charge in [-0.25, -0.2) is 0 Å². The number of carbonyl (C=O) groups is 1. The van der Waals surface area contributed by atoms with E-state index in [9.17, 15) is 9.90 Å². The highest BCUT2D eigenvalue weighted by molar-refractivity contribution is 5.93. The van der Waals surface area contributed by atoms with Crippen LogP contribution < -0.4 is 5.32 Å². The van der Waals surface area contributed by atoms with Crippen molar-refractivity contribution in [2.75, 3.05) is 18.4 Å². The Hall–Kier alpha value is -2.25. The van der Waals surface area contributed by atoms with E-state index in [0.717, 1.165) is 38.2 Å². The number of rotatable bonds is 5. The van der Waals surface area contributed by atoms with Crippen molar-refractivity contribution < 1.29 is 9.90 Å². The predicted molar refractivity (Wildman–Crippen MR) is 102 cm³/mol. The van der Waals surface area contributed by atoms with Gasteiger partial charge in [0.2, 0.25) is 5.91 Å². The van der Waals surface area contributed by atoms with E-state index in [4.69, 9.17) is 0 Å². The lowest BCUT2D eigenvalue weighted by molar-refractivity contribution is -0.127. The topological polar surface area (TPSA) is 83.3 Å². The minimum atomic E-state index is -0.981. The average molecular weight is 369 g/mol. The van der Waals surface area contributed by atoms with Gasteiger partial charge in [-0.1, -0.05) is 23.4 Å². The summed E-state index contributed by atoms with van der Waals surface area (Å²) in [6, 6.07) is 10.0. The second-order valence-corrected chi connectivity index (χ2v) is 8.28. The van der Waals surface area contributed by atoms with Crippen molar-refractivity contribution in [2.45, 2.75) is 44.9 Å². The monoisotopic (exact) mass is 369 g/mol. The molecule has 3 saturated heterocycles. The lowest BCUT2D eigenvalue weighted by atomic mass is 9.75. The Labute approximate surface area is 159 Å². The van der Waals surface area contributed by atoms with Gasteiger partial charge in [0, 0.05) is 18.3 Å². The van der Waals surface area contributed by atoms with Gasteiger partial charge in [0.05, 0.1) is 18.7 Å². The van der Waals surface area contributed by atoms with Crippen molar-refractivity contribution in [1.82, 2.24) is 19.9 Å². The largest absolute Gasteiger partial charge is 0.384 e. The van der Waals surface area contributed by atoms with Crippen LogP contribution in [0.4, 0.5) is 5.69 Å². The number of piperidine rings is 3. The fraction of sp³-hybridized carbons (Fsp3) is 0.550. The van der Waals surface area contributed by atoms with Crippen LogP contribution in [0.5, 0.6) is 0 Å². The first-order chi connectivity index (χ1) is 12.9. The molecule has 1 aromatic heterocycles. The molecule has 7 nitrogen and oxygen atoms in total. The fourth-order valence-electron chi connectivity index (χ4n) is 4.27. The lowest BCUT2D eigenvalue weighted by Gasteiger charge is -2.49. The molecule has 0 radical (unpaired) electrons. The van der Waals surface area contributed by atoms with E-state index in [-0.39, 0.29) is 11.8 Å². The second-order valence-electron chi connectivity index (χ2n) is 8.28. The fourth-order valence-corrected chi connectivity index (χ4v) is 4.27. The number of aromatic nitrogens is 3. The smallest absolute Gasteiger partial charge is 0.229 e. The predicted octanol–water partition coefficient (Wildman–Crippen LogP) is 1.85. The summed E-state index contributed by atoms with van der Waals surface area (Å²) in [5, 5.41) is 21.4. The molecule has 2 aromatic rings. The molecule has 144 valence electrons. The molecule has 2 N–H and O–H groups in total. The minimum absolute atomic E-state index is 0.0397. The normalized spacial score (nSPS) is 27.5. The third-order valence-corrected chi connectivity index (χ3v) is 5.82. The SMILES string of the molecule is CC(C)(O)c1cn(C[C@H]2CC3CCN2C[C@@H]3C(=O)Nc2ccccc2)nn1. The van der Waals surface area contributed by atoms with Gasteiger partial charge >= 0.3 is 0 Å². The van der Waals surface area contributed by atoms with Crippen molar-refractivity contribution in [3.63, 3.8) is 0 Å². The van der Waals surface area contributed by atoms with E-state index in [0.29, 0.717) is 17.7 Å². The van der Waals surface area contributed by atoms with E-state index < -0.39 is 5.60 Å². The maximum absolute atomic E-state index is 12.7. The number of nitrogens with zero attached hydrogens (tertiary/aromatic N) is 4. The highest BCUT2D eigenvalue weighted by Gasteiger charge is 2.43. The molecule has 3 aliphatic rings. The van der Waals surface area contributed by atoms with E-state index in [1.807, 2.05) is 41.2 Å². The van der Waals surface area contributed by atoms with Gasteiger partial charge in [0.1, 0.15) is 11.3 Å². The van der Waals surface area contributed by atoms with Gasteiger partial charge in [-0.3, -0.25) is 14.4 Å². The molecule has 27 heavy (non-hydrogen) atoms. The van der Waals surface area contributed by atoms with Crippen LogP contribution in [0.25, 0.3) is 0 Å². The van der Waals surface area contributed by atoms with Crippen molar-refractivity contribution in [1.29, 1.82) is 0 Å². The summed E-state index contributed by atoms with van der Waals surface area (Å²) in [4.78, 5) is 15.1. The van der Waals surface area contributed by atoms with Crippen molar-refractivity contribution in [3.8, 4) is 0 Å². The number of fused-ring (bicyclic) bond motifs is 3. The average Bonchev–Trinajstić information content (AvgIpc) is 3.12. The Kier molecular flexibility index (Phi) is 4.74. The minimum Gasteiger partial charge on any atom is -0.384 e. The van der Waals surface area contributed by atoms with Crippen LogP contribution in [0, 0.1) is 11.8 Å². The third-order valence-electron chi connectivity index (χ3n) is 5.82. The zero-order valence-electron chi connectivity index (χ0n) is 15.9. The molecule has 4 atom stereocenters. The molecule has 4 heterocycles. The maximum Gasteiger partial charge on any atom is 0.229 e. The Morgan fingerprint density at radius 3 is 2.74 bits per heavy atom. The number of aliphatic hydroxyl groups is 1. The molecular formula is C20H27N5O2. The third kappa shape index (κ3) is 3.89.